The molecule has 4 unspecified atom stereocenters. The standard InChI is InChI=1S/C20H28N2O2/c1-3-5-14-11-19(23)22-18-12-16(8-9-17(14)18)21-20(24)15-7-4-6-13(2)10-15/h4,6-7,10,14,16-18H,3,5,8-9,11-12H2,1-2H3,(H,21,24)(H,22,23). The van der Waals surface area contributed by atoms with E-state index >= 15 is 0 Å². The lowest BCUT2D eigenvalue weighted by Crippen LogP contribution is -2.55. The number of hydrogen-bond acceptors (Lipinski definition) is 2. The van der Waals surface area contributed by atoms with Crippen LogP contribution in [0.15, 0.2) is 24.3 Å². The van der Waals surface area contributed by atoms with Crippen molar-refractivity contribution in [1.82, 2.24) is 10.6 Å². The molecular formula is C20H28N2O2. The molecule has 130 valence electrons. The molecule has 0 spiro atoms. The summed E-state index contributed by atoms with van der Waals surface area (Å²) < 4.78 is 0. The number of hydrogen-bond donors (Lipinski definition) is 2. The summed E-state index contributed by atoms with van der Waals surface area (Å²) in [5.41, 5.74) is 1.81. The van der Waals surface area contributed by atoms with Crippen LogP contribution in [0.3, 0.4) is 0 Å². The number of piperidine rings is 1. The van der Waals surface area contributed by atoms with E-state index in [1.165, 1.54) is 0 Å². The molecule has 1 heterocycles. The van der Waals surface area contributed by atoms with Crippen LogP contribution in [0.25, 0.3) is 0 Å². The van der Waals surface area contributed by atoms with Crippen molar-refractivity contribution in [3.63, 3.8) is 0 Å². The molecule has 1 aliphatic heterocycles. The summed E-state index contributed by atoms with van der Waals surface area (Å²) in [6, 6.07) is 8.05. The minimum Gasteiger partial charge on any atom is -0.353 e. The van der Waals surface area contributed by atoms with Gasteiger partial charge in [-0.25, -0.2) is 0 Å². The molecule has 2 N–H and O–H groups in total. The Morgan fingerprint density at radius 1 is 1.33 bits per heavy atom. The minimum atomic E-state index is -0.00519. The first kappa shape index (κ1) is 17.0. The Balaban J connectivity index is 1.62. The number of amides is 2. The Kier molecular flexibility index (Phi) is 5.22. The highest BCUT2D eigenvalue weighted by atomic mass is 16.2. The molecule has 2 amide bonds. The van der Waals surface area contributed by atoms with Crippen molar-refractivity contribution in [1.29, 1.82) is 0 Å². The molecule has 24 heavy (non-hydrogen) atoms. The molecule has 4 nitrogen and oxygen atoms in total. The second-order valence-corrected chi connectivity index (χ2v) is 7.44. The highest BCUT2D eigenvalue weighted by molar-refractivity contribution is 5.94. The van der Waals surface area contributed by atoms with Crippen LogP contribution in [-0.4, -0.2) is 23.9 Å². The lowest BCUT2D eigenvalue weighted by atomic mass is 9.70. The highest BCUT2D eigenvalue weighted by Gasteiger charge is 2.40. The van der Waals surface area contributed by atoms with E-state index in [1.54, 1.807) is 0 Å². The zero-order valence-electron chi connectivity index (χ0n) is 14.7. The van der Waals surface area contributed by atoms with Gasteiger partial charge in [-0.3, -0.25) is 9.59 Å². The lowest BCUT2D eigenvalue weighted by molar-refractivity contribution is -0.127. The van der Waals surface area contributed by atoms with Gasteiger partial charge >= 0.3 is 0 Å². The molecule has 2 fully saturated rings. The maximum absolute atomic E-state index is 12.5. The third-order valence-electron chi connectivity index (χ3n) is 5.58. The van der Waals surface area contributed by atoms with Crippen molar-refractivity contribution in [2.75, 3.05) is 0 Å². The van der Waals surface area contributed by atoms with Crippen LogP contribution in [0.1, 0.15) is 61.4 Å². The fourth-order valence-corrected chi connectivity index (χ4v) is 4.45. The van der Waals surface area contributed by atoms with E-state index in [9.17, 15) is 9.59 Å². The minimum absolute atomic E-state index is 0.00519. The fourth-order valence-electron chi connectivity index (χ4n) is 4.45. The average molecular weight is 328 g/mol. The summed E-state index contributed by atoms with van der Waals surface area (Å²) in [5.74, 6) is 1.27. The Hall–Kier alpha value is -1.84. The Bertz CT molecular complexity index is 613. The molecule has 2 aliphatic rings. The molecule has 1 saturated carbocycles. The van der Waals surface area contributed by atoms with E-state index in [0.717, 1.165) is 37.7 Å². The average Bonchev–Trinajstić information content (AvgIpc) is 2.54. The van der Waals surface area contributed by atoms with Gasteiger partial charge in [0.25, 0.3) is 5.91 Å². The van der Waals surface area contributed by atoms with Gasteiger partial charge in [0, 0.05) is 24.1 Å². The summed E-state index contributed by atoms with van der Waals surface area (Å²) in [4.78, 5) is 24.5. The SMILES string of the molecule is CCCC1CC(=O)NC2CC(NC(=O)c3cccc(C)c3)CCC12. The number of carbonyl (C=O) groups is 2. The number of nitrogens with one attached hydrogen (secondary N) is 2. The van der Waals surface area contributed by atoms with Gasteiger partial charge in [0.2, 0.25) is 5.91 Å². The molecular weight excluding hydrogens is 300 g/mol. The van der Waals surface area contributed by atoms with Crippen LogP contribution in [0, 0.1) is 18.8 Å². The molecule has 4 atom stereocenters. The first-order valence-corrected chi connectivity index (χ1v) is 9.23. The number of benzene rings is 1. The molecule has 1 saturated heterocycles. The second-order valence-electron chi connectivity index (χ2n) is 7.44. The van der Waals surface area contributed by atoms with Crippen molar-refractivity contribution < 1.29 is 9.59 Å². The van der Waals surface area contributed by atoms with Crippen molar-refractivity contribution in [2.24, 2.45) is 11.8 Å². The van der Waals surface area contributed by atoms with Gasteiger partial charge in [0.1, 0.15) is 0 Å². The molecule has 4 heteroatoms. The normalized spacial score (nSPS) is 29.5. The summed E-state index contributed by atoms with van der Waals surface area (Å²) >= 11 is 0. The van der Waals surface area contributed by atoms with Crippen LogP contribution >= 0.6 is 0 Å². The van der Waals surface area contributed by atoms with E-state index in [-0.39, 0.29) is 23.9 Å². The van der Waals surface area contributed by atoms with E-state index in [2.05, 4.69) is 17.6 Å². The van der Waals surface area contributed by atoms with Gasteiger partial charge < -0.3 is 10.6 Å². The van der Waals surface area contributed by atoms with E-state index in [4.69, 9.17) is 0 Å². The smallest absolute Gasteiger partial charge is 0.251 e. The predicted molar refractivity (Wildman–Crippen MR) is 94.7 cm³/mol. The lowest BCUT2D eigenvalue weighted by Gasteiger charge is -2.44. The number of aryl methyl sites for hydroxylation is 1. The molecule has 1 aromatic carbocycles. The maximum atomic E-state index is 12.5. The fraction of sp³-hybridized carbons (Fsp3) is 0.600. The van der Waals surface area contributed by atoms with Crippen molar-refractivity contribution in [2.45, 2.75) is 64.5 Å². The van der Waals surface area contributed by atoms with Crippen LogP contribution in [0.4, 0.5) is 0 Å². The third-order valence-corrected chi connectivity index (χ3v) is 5.58. The largest absolute Gasteiger partial charge is 0.353 e. The van der Waals surface area contributed by atoms with Gasteiger partial charge in [-0.1, -0.05) is 31.0 Å². The van der Waals surface area contributed by atoms with Gasteiger partial charge in [-0.2, -0.15) is 0 Å². The number of fused-ring (bicyclic) bond motifs is 1. The van der Waals surface area contributed by atoms with Crippen LogP contribution in [-0.2, 0) is 4.79 Å². The third kappa shape index (κ3) is 3.80. The van der Waals surface area contributed by atoms with Gasteiger partial charge in [0.15, 0.2) is 0 Å². The molecule has 0 radical (unpaired) electrons. The van der Waals surface area contributed by atoms with E-state index in [1.807, 2.05) is 31.2 Å². The summed E-state index contributed by atoms with van der Waals surface area (Å²) in [5, 5.41) is 6.34. The van der Waals surface area contributed by atoms with Crippen LogP contribution in [0.5, 0.6) is 0 Å². The zero-order valence-corrected chi connectivity index (χ0v) is 14.7. The van der Waals surface area contributed by atoms with Gasteiger partial charge in [0.05, 0.1) is 0 Å². The Labute approximate surface area is 144 Å². The monoisotopic (exact) mass is 328 g/mol. The summed E-state index contributed by atoms with van der Waals surface area (Å²) in [7, 11) is 0. The van der Waals surface area contributed by atoms with Gasteiger partial charge in [-0.05, 0) is 56.6 Å². The van der Waals surface area contributed by atoms with Crippen LogP contribution < -0.4 is 10.6 Å². The molecule has 3 rings (SSSR count). The first-order valence-electron chi connectivity index (χ1n) is 9.23. The van der Waals surface area contributed by atoms with Crippen molar-refractivity contribution in [3.8, 4) is 0 Å². The number of carbonyl (C=O) groups excluding carboxylic acids is 2. The Morgan fingerprint density at radius 3 is 2.92 bits per heavy atom. The van der Waals surface area contributed by atoms with Crippen LogP contribution in [0.2, 0.25) is 0 Å². The number of rotatable bonds is 4. The predicted octanol–water partition coefficient (Wildman–Crippen LogP) is 3.20. The van der Waals surface area contributed by atoms with E-state index < -0.39 is 0 Å². The topological polar surface area (TPSA) is 58.2 Å². The van der Waals surface area contributed by atoms with Crippen molar-refractivity contribution >= 4 is 11.8 Å². The van der Waals surface area contributed by atoms with Gasteiger partial charge in [-0.15, -0.1) is 0 Å². The maximum Gasteiger partial charge on any atom is 0.251 e. The quantitative estimate of drug-likeness (QED) is 0.892. The van der Waals surface area contributed by atoms with E-state index in [0.29, 0.717) is 23.8 Å². The molecule has 1 aromatic rings. The summed E-state index contributed by atoms with van der Waals surface area (Å²) in [6.45, 7) is 4.18. The van der Waals surface area contributed by atoms with Crippen molar-refractivity contribution in [3.05, 3.63) is 35.4 Å². The molecule has 0 bridgehead atoms. The highest BCUT2D eigenvalue weighted by Crippen LogP contribution is 2.37. The second kappa shape index (κ2) is 7.37. The molecule has 1 aliphatic carbocycles. The Morgan fingerprint density at radius 2 is 2.17 bits per heavy atom. The first-order chi connectivity index (χ1) is 11.6. The zero-order chi connectivity index (χ0) is 17.1. The molecule has 0 aromatic heterocycles. The summed E-state index contributed by atoms with van der Waals surface area (Å²) in [6.07, 6.45) is 5.90.